The second kappa shape index (κ2) is 6.55. The summed E-state index contributed by atoms with van der Waals surface area (Å²) < 4.78 is 5.82. The largest absolute Gasteiger partial charge is 0.494 e. The number of fused-ring (bicyclic) bond motifs is 3. The van der Waals surface area contributed by atoms with Gasteiger partial charge in [0.15, 0.2) is 0 Å². The van der Waals surface area contributed by atoms with E-state index in [4.69, 9.17) is 22.1 Å². The van der Waals surface area contributed by atoms with E-state index in [-0.39, 0.29) is 0 Å². The number of halogens is 1. The molecule has 4 rings (SSSR count). The van der Waals surface area contributed by atoms with Gasteiger partial charge in [-0.15, -0.1) is 0 Å². The molecule has 2 unspecified atom stereocenters. The number of benzene rings is 1. The van der Waals surface area contributed by atoms with Crippen molar-refractivity contribution in [2.24, 2.45) is 17.6 Å². The molecule has 2 N–H and O–H groups in total. The van der Waals surface area contributed by atoms with E-state index >= 15 is 0 Å². The van der Waals surface area contributed by atoms with Crippen molar-refractivity contribution in [2.75, 3.05) is 32.8 Å². The average Bonchev–Trinajstić information content (AvgIpc) is 2.52. The van der Waals surface area contributed by atoms with Crippen molar-refractivity contribution in [1.29, 1.82) is 0 Å². The highest BCUT2D eigenvalue weighted by Crippen LogP contribution is 2.43. The normalized spacial score (nSPS) is 29.4. The SMILES string of the molecule is CCOc1ccc(Cl)cc1C(CN)C1CN2CCC1CC2. The van der Waals surface area contributed by atoms with E-state index in [1.54, 1.807) is 0 Å². The van der Waals surface area contributed by atoms with Crippen LogP contribution in [0.5, 0.6) is 5.75 Å². The number of hydrogen-bond donors (Lipinski definition) is 1. The van der Waals surface area contributed by atoms with E-state index in [2.05, 4.69) is 11.0 Å². The first-order chi connectivity index (χ1) is 10.2. The smallest absolute Gasteiger partial charge is 0.122 e. The van der Waals surface area contributed by atoms with E-state index in [1.165, 1.54) is 38.0 Å². The Bertz CT molecular complexity index is 486. The number of rotatable bonds is 5. The minimum atomic E-state index is 0.346. The van der Waals surface area contributed by atoms with Gasteiger partial charge in [-0.3, -0.25) is 0 Å². The molecule has 3 aliphatic rings. The fraction of sp³-hybridized carbons (Fsp3) is 0.647. The van der Waals surface area contributed by atoms with Crippen LogP contribution in [0.3, 0.4) is 0 Å². The monoisotopic (exact) mass is 308 g/mol. The van der Waals surface area contributed by atoms with Crippen LogP contribution in [-0.2, 0) is 0 Å². The lowest BCUT2D eigenvalue weighted by Crippen LogP contribution is -2.50. The van der Waals surface area contributed by atoms with Gasteiger partial charge in [0.1, 0.15) is 5.75 Å². The van der Waals surface area contributed by atoms with E-state index < -0.39 is 0 Å². The summed E-state index contributed by atoms with van der Waals surface area (Å²) in [6.45, 7) is 7.04. The minimum Gasteiger partial charge on any atom is -0.494 e. The molecule has 1 aromatic rings. The molecule has 3 heterocycles. The van der Waals surface area contributed by atoms with E-state index in [0.29, 0.717) is 25.0 Å². The van der Waals surface area contributed by atoms with Crippen LogP contribution in [0, 0.1) is 11.8 Å². The van der Waals surface area contributed by atoms with Gasteiger partial charge in [0.05, 0.1) is 6.61 Å². The topological polar surface area (TPSA) is 38.5 Å². The van der Waals surface area contributed by atoms with Crippen molar-refractivity contribution in [3.8, 4) is 5.75 Å². The Balaban J connectivity index is 1.90. The fourth-order valence-electron chi connectivity index (χ4n) is 4.10. The Morgan fingerprint density at radius 1 is 1.38 bits per heavy atom. The zero-order valence-electron chi connectivity index (χ0n) is 12.7. The van der Waals surface area contributed by atoms with Gasteiger partial charge in [-0.25, -0.2) is 0 Å². The standard InChI is InChI=1S/C17H25ClN2O/c1-2-21-17-4-3-13(18)9-14(17)15(10-19)16-11-20-7-5-12(16)6-8-20/h3-4,9,12,15-16H,2,5-8,10-11,19H2,1H3. The molecule has 0 aliphatic carbocycles. The zero-order valence-corrected chi connectivity index (χ0v) is 13.5. The molecule has 2 atom stereocenters. The number of piperidine rings is 3. The molecule has 2 bridgehead atoms. The third-order valence-electron chi connectivity index (χ3n) is 5.15. The molecule has 3 fully saturated rings. The van der Waals surface area contributed by atoms with Crippen LogP contribution in [-0.4, -0.2) is 37.7 Å². The predicted molar refractivity (Wildman–Crippen MR) is 87.1 cm³/mol. The highest BCUT2D eigenvalue weighted by molar-refractivity contribution is 6.30. The lowest BCUT2D eigenvalue weighted by Gasteiger charge is -2.48. The molecular formula is C17H25ClN2O. The summed E-state index contributed by atoms with van der Waals surface area (Å²) in [6.07, 6.45) is 2.62. The molecule has 0 saturated carbocycles. The summed E-state index contributed by atoms with van der Waals surface area (Å²) >= 11 is 6.23. The minimum absolute atomic E-state index is 0.346. The van der Waals surface area contributed by atoms with Crippen LogP contribution in [0.15, 0.2) is 18.2 Å². The van der Waals surface area contributed by atoms with Crippen molar-refractivity contribution in [3.05, 3.63) is 28.8 Å². The Morgan fingerprint density at radius 3 is 2.71 bits per heavy atom. The molecule has 3 saturated heterocycles. The van der Waals surface area contributed by atoms with E-state index in [9.17, 15) is 0 Å². The fourth-order valence-corrected chi connectivity index (χ4v) is 4.28. The second-order valence-corrected chi connectivity index (χ2v) is 6.70. The molecule has 4 heteroatoms. The van der Waals surface area contributed by atoms with Gasteiger partial charge in [0.2, 0.25) is 0 Å². The van der Waals surface area contributed by atoms with Crippen molar-refractivity contribution in [2.45, 2.75) is 25.7 Å². The third-order valence-corrected chi connectivity index (χ3v) is 5.38. The summed E-state index contributed by atoms with van der Waals surface area (Å²) in [5.41, 5.74) is 7.36. The molecule has 0 aromatic heterocycles. The lowest BCUT2D eigenvalue weighted by molar-refractivity contribution is 0.0374. The van der Waals surface area contributed by atoms with Crippen molar-refractivity contribution >= 4 is 11.6 Å². The van der Waals surface area contributed by atoms with Crippen LogP contribution >= 0.6 is 11.6 Å². The van der Waals surface area contributed by atoms with Crippen LogP contribution in [0.25, 0.3) is 0 Å². The predicted octanol–water partition coefficient (Wildman–Crippen LogP) is 3.12. The first kappa shape index (κ1) is 15.1. The van der Waals surface area contributed by atoms with Crippen LogP contribution in [0.1, 0.15) is 31.2 Å². The van der Waals surface area contributed by atoms with Crippen molar-refractivity contribution in [1.82, 2.24) is 4.90 Å². The number of ether oxygens (including phenoxy) is 1. The highest BCUT2D eigenvalue weighted by Gasteiger charge is 2.39. The lowest BCUT2D eigenvalue weighted by atomic mass is 9.70. The molecule has 3 aliphatic heterocycles. The van der Waals surface area contributed by atoms with E-state index in [1.807, 2.05) is 19.1 Å². The van der Waals surface area contributed by atoms with Gasteiger partial charge in [-0.1, -0.05) is 11.6 Å². The second-order valence-electron chi connectivity index (χ2n) is 6.26. The Hall–Kier alpha value is -0.770. The summed E-state index contributed by atoms with van der Waals surface area (Å²) in [4.78, 5) is 2.58. The molecule has 0 radical (unpaired) electrons. The summed E-state index contributed by atoms with van der Waals surface area (Å²) in [5, 5.41) is 0.771. The van der Waals surface area contributed by atoms with Gasteiger partial charge < -0.3 is 15.4 Å². The molecular weight excluding hydrogens is 284 g/mol. The van der Waals surface area contributed by atoms with Gasteiger partial charge in [-0.05, 0) is 69.4 Å². The highest BCUT2D eigenvalue weighted by atomic mass is 35.5. The van der Waals surface area contributed by atoms with Gasteiger partial charge in [0, 0.05) is 23.0 Å². The number of nitrogens with zero attached hydrogens (tertiary/aromatic N) is 1. The number of hydrogen-bond acceptors (Lipinski definition) is 3. The maximum absolute atomic E-state index is 6.23. The van der Waals surface area contributed by atoms with Crippen LogP contribution < -0.4 is 10.5 Å². The summed E-state index contributed by atoms with van der Waals surface area (Å²) in [5.74, 6) is 2.74. The van der Waals surface area contributed by atoms with Gasteiger partial charge >= 0.3 is 0 Å². The Labute approximate surface area is 132 Å². The van der Waals surface area contributed by atoms with Gasteiger partial charge in [-0.2, -0.15) is 0 Å². The maximum atomic E-state index is 6.23. The Kier molecular flexibility index (Phi) is 4.72. The Morgan fingerprint density at radius 2 is 2.14 bits per heavy atom. The zero-order chi connectivity index (χ0) is 14.8. The van der Waals surface area contributed by atoms with Crippen molar-refractivity contribution in [3.63, 3.8) is 0 Å². The van der Waals surface area contributed by atoms with Crippen molar-refractivity contribution < 1.29 is 4.74 Å². The molecule has 116 valence electrons. The maximum Gasteiger partial charge on any atom is 0.122 e. The van der Waals surface area contributed by atoms with Crippen LogP contribution in [0.4, 0.5) is 0 Å². The first-order valence-electron chi connectivity index (χ1n) is 8.07. The molecule has 0 amide bonds. The number of nitrogens with two attached hydrogens (primary N) is 1. The quantitative estimate of drug-likeness (QED) is 0.908. The summed E-state index contributed by atoms with van der Waals surface area (Å²) in [7, 11) is 0. The first-order valence-corrected chi connectivity index (χ1v) is 8.45. The summed E-state index contributed by atoms with van der Waals surface area (Å²) in [6, 6.07) is 5.95. The molecule has 0 spiro atoms. The average molecular weight is 309 g/mol. The molecule has 3 nitrogen and oxygen atoms in total. The van der Waals surface area contributed by atoms with Crippen LogP contribution in [0.2, 0.25) is 5.02 Å². The third kappa shape index (κ3) is 3.05. The molecule has 1 aromatic carbocycles. The van der Waals surface area contributed by atoms with E-state index in [0.717, 1.165) is 16.7 Å². The molecule has 21 heavy (non-hydrogen) atoms. The van der Waals surface area contributed by atoms with Gasteiger partial charge in [0.25, 0.3) is 0 Å².